The highest BCUT2D eigenvalue weighted by Crippen LogP contribution is 2.28. The summed E-state index contributed by atoms with van der Waals surface area (Å²) in [5, 5.41) is 9.07. The fraction of sp³-hybridized carbons (Fsp3) is 0.0769. The molecular weight excluding hydrogens is 328 g/mol. The van der Waals surface area contributed by atoms with Crippen LogP contribution in [0.15, 0.2) is 34.9 Å². The Bertz CT molecular complexity index is 791. The van der Waals surface area contributed by atoms with Gasteiger partial charge >= 0.3 is 5.97 Å². The summed E-state index contributed by atoms with van der Waals surface area (Å²) in [4.78, 5) is 16.6. The van der Waals surface area contributed by atoms with Gasteiger partial charge < -0.3 is 5.11 Å². The summed E-state index contributed by atoms with van der Waals surface area (Å²) in [6.07, 6.45) is 1.87. The van der Waals surface area contributed by atoms with Crippen molar-refractivity contribution < 1.29 is 9.90 Å². The maximum absolute atomic E-state index is 11.1. The van der Waals surface area contributed by atoms with E-state index in [1.807, 2.05) is 34.9 Å². The zero-order chi connectivity index (χ0) is 13.6. The molecule has 3 aromatic rings. The quantitative estimate of drug-likeness (QED) is 0.773. The highest BCUT2D eigenvalue weighted by Gasteiger charge is 2.17. The molecule has 0 fully saturated rings. The minimum Gasteiger partial charge on any atom is -0.477 e. The maximum atomic E-state index is 11.1. The van der Waals surface area contributed by atoms with Crippen LogP contribution in [0.1, 0.15) is 15.4 Å². The number of benzene rings is 1. The van der Waals surface area contributed by atoms with Crippen molar-refractivity contribution in [3.8, 4) is 11.3 Å². The maximum Gasteiger partial charge on any atom is 0.347 e. The van der Waals surface area contributed by atoms with Crippen molar-refractivity contribution in [1.29, 1.82) is 0 Å². The van der Waals surface area contributed by atoms with Crippen LogP contribution in [0.4, 0.5) is 0 Å². The van der Waals surface area contributed by atoms with Gasteiger partial charge in [-0.3, -0.25) is 4.40 Å². The molecule has 0 unspecified atom stereocenters. The molecule has 0 amide bonds. The van der Waals surface area contributed by atoms with Gasteiger partial charge in [0.05, 0.1) is 5.69 Å². The second-order valence-electron chi connectivity index (χ2n) is 4.11. The van der Waals surface area contributed by atoms with Crippen LogP contribution in [-0.4, -0.2) is 20.5 Å². The number of halogens is 1. The molecular formula is C13H9BrN2O2S. The third-order valence-electron chi connectivity index (χ3n) is 2.87. The van der Waals surface area contributed by atoms with E-state index in [1.165, 1.54) is 11.3 Å². The Hall–Kier alpha value is -1.66. The van der Waals surface area contributed by atoms with E-state index in [0.717, 1.165) is 15.7 Å². The number of aromatic nitrogens is 2. The summed E-state index contributed by atoms with van der Waals surface area (Å²) >= 11 is 4.62. The van der Waals surface area contributed by atoms with Crippen LogP contribution >= 0.6 is 27.3 Å². The van der Waals surface area contributed by atoms with E-state index in [-0.39, 0.29) is 0 Å². The van der Waals surface area contributed by atoms with Crippen LogP contribution in [0, 0.1) is 6.92 Å². The first-order valence-electron chi connectivity index (χ1n) is 5.54. The molecule has 6 heteroatoms. The smallest absolute Gasteiger partial charge is 0.347 e. The van der Waals surface area contributed by atoms with Gasteiger partial charge in [0.1, 0.15) is 4.88 Å². The largest absolute Gasteiger partial charge is 0.477 e. The lowest BCUT2D eigenvalue weighted by molar-refractivity contribution is 0.0701. The van der Waals surface area contributed by atoms with Crippen molar-refractivity contribution >= 4 is 38.2 Å². The van der Waals surface area contributed by atoms with Gasteiger partial charge in [-0.2, -0.15) is 0 Å². The number of hydrogen-bond donors (Lipinski definition) is 1. The molecule has 1 aromatic carbocycles. The van der Waals surface area contributed by atoms with Gasteiger partial charge in [0, 0.05) is 21.9 Å². The average molecular weight is 337 g/mol. The zero-order valence-corrected chi connectivity index (χ0v) is 12.3. The molecule has 3 rings (SSSR count). The number of imidazole rings is 1. The first-order chi connectivity index (χ1) is 9.06. The number of nitrogens with zero attached hydrogens (tertiary/aromatic N) is 2. The first kappa shape index (κ1) is 12.4. The topological polar surface area (TPSA) is 54.6 Å². The molecule has 2 heterocycles. The van der Waals surface area contributed by atoms with E-state index < -0.39 is 5.97 Å². The normalized spacial score (nSPS) is 11.1. The van der Waals surface area contributed by atoms with E-state index in [1.54, 1.807) is 6.92 Å². The summed E-state index contributed by atoms with van der Waals surface area (Å²) in [6.45, 7) is 1.79. The van der Waals surface area contributed by atoms with Crippen LogP contribution in [0.3, 0.4) is 0 Å². The predicted molar refractivity (Wildman–Crippen MR) is 77.9 cm³/mol. The Morgan fingerprint density at radius 1 is 1.47 bits per heavy atom. The minimum atomic E-state index is -0.906. The number of carboxylic acids is 1. The summed E-state index contributed by atoms with van der Waals surface area (Å²) < 4.78 is 2.81. The second kappa shape index (κ2) is 4.47. The van der Waals surface area contributed by atoms with Crippen LogP contribution in [-0.2, 0) is 0 Å². The highest BCUT2D eigenvalue weighted by molar-refractivity contribution is 9.10. The Morgan fingerprint density at radius 3 is 2.89 bits per heavy atom. The Balaban J connectivity index is 2.16. The van der Waals surface area contributed by atoms with Crippen LogP contribution in [0.5, 0.6) is 0 Å². The number of carboxylic acid groups (broad SMARTS) is 1. The number of hydrogen-bond acceptors (Lipinski definition) is 3. The third-order valence-corrected chi connectivity index (χ3v) is 4.51. The van der Waals surface area contributed by atoms with Gasteiger partial charge in [-0.05, 0) is 19.1 Å². The van der Waals surface area contributed by atoms with Crippen molar-refractivity contribution in [1.82, 2.24) is 9.38 Å². The van der Waals surface area contributed by atoms with E-state index in [0.29, 0.717) is 15.5 Å². The van der Waals surface area contributed by atoms with Crippen LogP contribution < -0.4 is 0 Å². The van der Waals surface area contributed by atoms with Crippen molar-refractivity contribution in [2.45, 2.75) is 6.92 Å². The van der Waals surface area contributed by atoms with Gasteiger partial charge in [0.15, 0.2) is 4.96 Å². The zero-order valence-electron chi connectivity index (χ0n) is 9.92. The van der Waals surface area contributed by atoms with Crippen molar-refractivity contribution in [3.63, 3.8) is 0 Å². The number of carbonyl (C=O) groups is 1. The van der Waals surface area contributed by atoms with E-state index in [2.05, 4.69) is 20.9 Å². The number of rotatable bonds is 2. The molecule has 1 N–H and O–H groups in total. The predicted octanol–water partition coefficient (Wildman–Crippen LogP) is 3.83. The molecule has 96 valence electrons. The van der Waals surface area contributed by atoms with Gasteiger partial charge in [-0.15, -0.1) is 0 Å². The molecule has 0 saturated carbocycles. The van der Waals surface area contributed by atoms with Crippen LogP contribution in [0.2, 0.25) is 0 Å². The lowest BCUT2D eigenvalue weighted by Crippen LogP contribution is -1.96. The summed E-state index contributed by atoms with van der Waals surface area (Å²) in [6, 6.07) is 7.86. The highest BCUT2D eigenvalue weighted by atomic mass is 79.9. The second-order valence-corrected chi connectivity index (χ2v) is 6.00. The molecule has 0 aliphatic rings. The Labute approximate surface area is 121 Å². The molecule has 2 aromatic heterocycles. The van der Waals surface area contributed by atoms with Crippen molar-refractivity contribution in [2.75, 3.05) is 0 Å². The van der Waals surface area contributed by atoms with Gasteiger partial charge in [-0.1, -0.05) is 39.4 Å². The van der Waals surface area contributed by atoms with Gasteiger partial charge in [0.2, 0.25) is 0 Å². The Morgan fingerprint density at radius 2 is 2.26 bits per heavy atom. The van der Waals surface area contributed by atoms with Gasteiger partial charge in [-0.25, -0.2) is 9.78 Å². The summed E-state index contributed by atoms with van der Waals surface area (Å²) in [5.41, 5.74) is 2.55. The first-order valence-corrected chi connectivity index (χ1v) is 7.15. The van der Waals surface area contributed by atoms with Crippen LogP contribution in [0.25, 0.3) is 16.2 Å². The molecule has 0 bridgehead atoms. The minimum absolute atomic E-state index is 0.336. The summed E-state index contributed by atoms with van der Waals surface area (Å²) in [5.74, 6) is -0.906. The van der Waals surface area contributed by atoms with Gasteiger partial charge in [0.25, 0.3) is 0 Å². The lowest BCUT2D eigenvalue weighted by Gasteiger charge is -1.97. The number of fused-ring (bicyclic) bond motifs is 1. The SMILES string of the molecule is Cc1c(C(=O)O)sc2nc(-c3cccc(Br)c3)cn12. The van der Waals surface area contributed by atoms with Crippen molar-refractivity contribution in [2.24, 2.45) is 0 Å². The fourth-order valence-electron chi connectivity index (χ4n) is 1.94. The molecule has 0 spiro atoms. The number of aromatic carboxylic acids is 1. The molecule has 0 aliphatic carbocycles. The molecule has 0 atom stereocenters. The fourth-order valence-corrected chi connectivity index (χ4v) is 3.28. The molecule has 0 aliphatic heterocycles. The molecule has 19 heavy (non-hydrogen) atoms. The molecule has 4 nitrogen and oxygen atoms in total. The molecule has 0 saturated heterocycles. The monoisotopic (exact) mass is 336 g/mol. The van der Waals surface area contributed by atoms with Crippen molar-refractivity contribution in [3.05, 3.63) is 45.5 Å². The van der Waals surface area contributed by atoms with E-state index in [4.69, 9.17) is 5.11 Å². The van der Waals surface area contributed by atoms with E-state index in [9.17, 15) is 4.79 Å². The standard InChI is InChI=1S/C13H9BrN2O2S/c1-7-11(12(17)18)19-13-15-10(6-16(7)13)8-3-2-4-9(14)5-8/h2-6H,1H3,(H,17,18). The van der Waals surface area contributed by atoms with E-state index >= 15 is 0 Å². The average Bonchev–Trinajstić information content (AvgIpc) is 2.89. The number of thiazole rings is 1. The molecule has 0 radical (unpaired) electrons. The lowest BCUT2D eigenvalue weighted by atomic mass is 10.2. The number of aryl methyl sites for hydroxylation is 1. The Kier molecular flexibility index (Phi) is 2.91. The summed E-state index contributed by atoms with van der Waals surface area (Å²) in [7, 11) is 0. The third kappa shape index (κ3) is 2.06.